The summed E-state index contributed by atoms with van der Waals surface area (Å²) >= 11 is 0. The number of amides is 1. The largest absolute Gasteiger partial charge is 0.478 e. The van der Waals surface area contributed by atoms with Gasteiger partial charge in [0.15, 0.2) is 0 Å². The molecule has 0 saturated heterocycles. The van der Waals surface area contributed by atoms with Gasteiger partial charge in [0.1, 0.15) is 11.5 Å². The summed E-state index contributed by atoms with van der Waals surface area (Å²) in [6, 6.07) is 6.32. The second-order valence-electron chi connectivity index (χ2n) is 3.53. The fourth-order valence-corrected chi connectivity index (χ4v) is 1.46. The Bertz CT molecular complexity index is 593. The highest BCUT2D eigenvalue weighted by atomic mass is 19.1. The van der Waals surface area contributed by atoms with Gasteiger partial charge < -0.3 is 15.4 Å². The van der Waals surface area contributed by atoms with E-state index in [9.17, 15) is 14.0 Å². The summed E-state index contributed by atoms with van der Waals surface area (Å²) in [6.07, 6.45) is 1.57. The number of aromatic carboxylic acids is 1. The van der Waals surface area contributed by atoms with Gasteiger partial charge in [-0.3, -0.25) is 4.79 Å². The first-order chi connectivity index (χ1) is 8.58. The summed E-state index contributed by atoms with van der Waals surface area (Å²) in [6.45, 7) is 0. The number of H-pyrrole nitrogens is 1. The molecule has 2 rings (SSSR count). The number of hydrogen-bond donors (Lipinski definition) is 3. The van der Waals surface area contributed by atoms with E-state index in [0.29, 0.717) is 0 Å². The molecule has 5 nitrogen and oxygen atoms in total. The number of benzene rings is 1. The molecule has 0 unspecified atom stereocenters. The number of aromatic nitrogens is 1. The Kier molecular flexibility index (Phi) is 3.09. The Morgan fingerprint density at radius 3 is 2.67 bits per heavy atom. The normalized spacial score (nSPS) is 10.1. The highest BCUT2D eigenvalue weighted by molar-refractivity contribution is 6.06. The van der Waals surface area contributed by atoms with Gasteiger partial charge >= 0.3 is 5.97 Å². The standard InChI is InChI=1S/C12H9FN2O3/c13-7-3-4-9(8(6-7)12(17)18)15-11(16)10-2-1-5-14-10/h1-6,14H,(H,15,16)(H,17,18). The van der Waals surface area contributed by atoms with Crippen LogP contribution in [-0.2, 0) is 0 Å². The van der Waals surface area contributed by atoms with Crippen LogP contribution in [-0.4, -0.2) is 22.0 Å². The first kappa shape index (κ1) is 11.8. The average Bonchev–Trinajstić information content (AvgIpc) is 2.84. The van der Waals surface area contributed by atoms with E-state index in [0.717, 1.165) is 12.1 Å². The lowest BCUT2D eigenvalue weighted by Crippen LogP contribution is -2.15. The lowest BCUT2D eigenvalue weighted by molar-refractivity contribution is 0.0697. The van der Waals surface area contributed by atoms with Crippen LogP contribution in [0.2, 0.25) is 0 Å². The number of carbonyl (C=O) groups is 2. The second kappa shape index (κ2) is 4.70. The van der Waals surface area contributed by atoms with Crippen molar-refractivity contribution in [1.29, 1.82) is 0 Å². The maximum Gasteiger partial charge on any atom is 0.337 e. The van der Waals surface area contributed by atoms with Gasteiger partial charge in [0.2, 0.25) is 0 Å². The molecule has 6 heteroatoms. The van der Waals surface area contributed by atoms with E-state index in [2.05, 4.69) is 10.3 Å². The van der Waals surface area contributed by atoms with Gasteiger partial charge in [-0.2, -0.15) is 0 Å². The number of aromatic amines is 1. The number of rotatable bonds is 3. The van der Waals surface area contributed by atoms with Crippen LogP contribution in [0.1, 0.15) is 20.8 Å². The zero-order valence-electron chi connectivity index (χ0n) is 9.11. The Balaban J connectivity index is 2.29. The molecule has 0 atom stereocenters. The number of carboxylic acids is 1. The Morgan fingerprint density at radius 2 is 2.06 bits per heavy atom. The highest BCUT2D eigenvalue weighted by Crippen LogP contribution is 2.17. The molecule has 0 radical (unpaired) electrons. The van der Waals surface area contributed by atoms with E-state index >= 15 is 0 Å². The van der Waals surface area contributed by atoms with Crippen molar-refractivity contribution in [1.82, 2.24) is 4.98 Å². The van der Waals surface area contributed by atoms with Crippen molar-refractivity contribution in [3.63, 3.8) is 0 Å². The fourth-order valence-electron chi connectivity index (χ4n) is 1.46. The van der Waals surface area contributed by atoms with Gasteiger partial charge in [-0.05, 0) is 30.3 Å². The minimum atomic E-state index is -1.31. The van der Waals surface area contributed by atoms with Crippen molar-refractivity contribution in [2.24, 2.45) is 0 Å². The SMILES string of the molecule is O=C(Nc1ccc(F)cc1C(=O)O)c1ccc[nH]1. The zero-order valence-corrected chi connectivity index (χ0v) is 9.11. The quantitative estimate of drug-likeness (QED) is 0.777. The smallest absolute Gasteiger partial charge is 0.337 e. The number of nitrogens with one attached hydrogen (secondary N) is 2. The second-order valence-corrected chi connectivity index (χ2v) is 3.53. The van der Waals surface area contributed by atoms with Gasteiger partial charge in [-0.25, -0.2) is 9.18 Å². The van der Waals surface area contributed by atoms with Crippen LogP contribution in [0.3, 0.4) is 0 Å². The first-order valence-corrected chi connectivity index (χ1v) is 5.05. The minimum absolute atomic E-state index is 0.0449. The maximum absolute atomic E-state index is 12.9. The Morgan fingerprint density at radius 1 is 1.28 bits per heavy atom. The fraction of sp³-hybridized carbons (Fsp3) is 0. The van der Waals surface area contributed by atoms with Gasteiger partial charge in [0.05, 0.1) is 11.3 Å². The number of carboxylic acid groups (broad SMARTS) is 1. The van der Waals surface area contributed by atoms with Crippen LogP contribution in [0.25, 0.3) is 0 Å². The highest BCUT2D eigenvalue weighted by Gasteiger charge is 2.14. The topological polar surface area (TPSA) is 82.2 Å². The molecule has 1 aromatic carbocycles. The number of carbonyl (C=O) groups excluding carboxylic acids is 1. The van der Waals surface area contributed by atoms with Crippen molar-refractivity contribution < 1.29 is 19.1 Å². The molecule has 0 aliphatic heterocycles. The third-order valence-corrected chi connectivity index (χ3v) is 2.30. The van der Waals surface area contributed by atoms with E-state index in [1.807, 2.05) is 0 Å². The molecule has 0 saturated carbocycles. The Labute approximate surface area is 101 Å². The molecule has 1 amide bonds. The van der Waals surface area contributed by atoms with Crippen molar-refractivity contribution in [2.45, 2.75) is 0 Å². The van der Waals surface area contributed by atoms with Gasteiger partial charge in [0.25, 0.3) is 5.91 Å². The van der Waals surface area contributed by atoms with E-state index in [-0.39, 0.29) is 16.9 Å². The van der Waals surface area contributed by atoms with Crippen LogP contribution in [0.4, 0.5) is 10.1 Å². The molecule has 18 heavy (non-hydrogen) atoms. The van der Waals surface area contributed by atoms with E-state index in [4.69, 9.17) is 5.11 Å². The summed E-state index contributed by atoms with van der Waals surface area (Å²) in [5.41, 5.74) is 0.0362. The van der Waals surface area contributed by atoms with Crippen LogP contribution in [0, 0.1) is 5.82 Å². The number of halogens is 1. The predicted octanol–water partition coefficient (Wildman–Crippen LogP) is 2.10. The summed E-state index contributed by atoms with van der Waals surface area (Å²) in [5, 5.41) is 11.3. The molecule has 1 heterocycles. The maximum atomic E-state index is 12.9. The molecule has 0 aliphatic rings. The summed E-state index contributed by atoms with van der Waals surface area (Å²) in [4.78, 5) is 25.3. The molecule has 3 N–H and O–H groups in total. The molecule has 2 aromatic rings. The van der Waals surface area contributed by atoms with Crippen molar-refractivity contribution in [3.05, 3.63) is 53.6 Å². The number of anilines is 1. The van der Waals surface area contributed by atoms with Gasteiger partial charge in [0, 0.05) is 6.20 Å². The summed E-state index contributed by atoms with van der Waals surface area (Å²) in [7, 11) is 0. The van der Waals surface area contributed by atoms with Gasteiger partial charge in [-0.15, -0.1) is 0 Å². The summed E-state index contributed by atoms with van der Waals surface area (Å²) < 4.78 is 12.9. The lowest BCUT2D eigenvalue weighted by atomic mass is 10.1. The Hall–Kier alpha value is -2.63. The minimum Gasteiger partial charge on any atom is -0.478 e. The molecule has 0 spiro atoms. The molecule has 0 aliphatic carbocycles. The predicted molar refractivity (Wildman–Crippen MR) is 62.1 cm³/mol. The zero-order chi connectivity index (χ0) is 13.1. The van der Waals surface area contributed by atoms with Crippen molar-refractivity contribution in [3.8, 4) is 0 Å². The third kappa shape index (κ3) is 2.37. The lowest BCUT2D eigenvalue weighted by Gasteiger charge is -2.07. The van der Waals surface area contributed by atoms with Crippen LogP contribution >= 0.6 is 0 Å². The van der Waals surface area contributed by atoms with Crippen LogP contribution < -0.4 is 5.32 Å². The molecular formula is C12H9FN2O3. The van der Waals surface area contributed by atoms with E-state index in [1.54, 1.807) is 18.3 Å². The average molecular weight is 248 g/mol. The van der Waals surface area contributed by atoms with Crippen molar-refractivity contribution in [2.75, 3.05) is 5.32 Å². The third-order valence-electron chi connectivity index (χ3n) is 2.30. The molecule has 1 aromatic heterocycles. The monoisotopic (exact) mass is 248 g/mol. The molecular weight excluding hydrogens is 239 g/mol. The van der Waals surface area contributed by atoms with Crippen LogP contribution in [0.15, 0.2) is 36.5 Å². The molecule has 92 valence electrons. The van der Waals surface area contributed by atoms with E-state index < -0.39 is 17.7 Å². The molecule has 0 fully saturated rings. The van der Waals surface area contributed by atoms with Crippen molar-refractivity contribution >= 4 is 17.6 Å². The summed E-state index contributed by atoms with van der Waals surface area (Å²) in [5.74, 6) is -2.48. The van der Waals surface area contributed by atoms with E-state index in [1.165, 1.54) is 6.07 Å². The first-order valence-electron chi connectivity index (χ1n) is 5.05. The number of hydrogen-bond acceptors (Lipinski definition) is 2. The molecule has 0 bridgehead atoms. The van der Waals surface area contributed by atoms with Gasteiger partial charge in [-0.1, -0.05) is 0 Å². The van der Waals surface area contributed by atoms with Crippen LogP contribution in [0.5, 0.6) is 0 Å².